The first kappa shape index (κ1) is 23.9. The van der Waals surface area contributed by atoms with E-state index < -0.39 is 16.1 Å². The predicted octanol–water partition coefficient (Wildman–Crippen LogP) is 4.65. The van der Waals surface area contributed by atoms with Gasteiger partial charge in [0.05, 0.1) is 10.9 Å². The highest BCUT2D eigenvalue weighted by molar-refractivity contribution is 7.89. The number of hydrogen-bond acceptors (Lipinski definition) is 4. The number of carbonyl (C=O) groups is 2. The molecule has 2 aliphatic rings. The lowest BCUT2D eigenvalue weighted by atomic mass is 9.84. The summed E-state index contributed by atoms with van der Waals surface area (Å²) >= 11 is 0. The highest BCUT2D eigenvalue weighted by Gasteiger charge is 2.29. The molecule has 6 nitrogen and oxygen atoms in total. The molecule has 2 aromatic carbocycles. The maximum absolute atomic E-state index is 13.4. The molecule has 0 spiro atoms. The molecule has 1 heterocycles. The fraction of sp³-hybridized carbons (Fsp3) is 0.429. The number of nitrogens with one attached hydrogen (secondary N) is 2. The third-order valence-corrected chi connectivity index (χ3v) is 8.93. The molecule has 1 atom stereocenters. The zero-order chi connectivity index (χ0) is 24.4. The van der Waals surface area contributed by atoms with Gasteiger partial charge in [-0.2, -0.15) is 0 Å². The van der Waals surface area contributed by atoms with Crippen LogP contribution in [-0.4, -0.2) is 31.0 Å². The van der Waals surface area contributed by atoms with Crippen LogP contribution in [0.5, 0.6) is 0 Å². The second-order valence-corrected chi connectivity index (χ2v) is 11.8. The number of carbonyl (C=O) groups excluding carboxylic acids is 2. The minimum Gasteiger partial charge on any atom is -0.358 e. The van der Waals surface area contributed by atoms with Crippen molar-refractivity contribution < 1.29 is 18.0 Å². The van der Waals surface area contributed by atoms with E-state index in [0.717, 1.165) is 53.4 Å². The van der Waals surface area contributed by atoms with Gasteiger partial charge in [0.25, 0.3) is 0 Å². The average molecular weight is 493 g/mol. The lowest BCUT2D eigenvalue weighted by molar-refractivity contribution is -0.122. The van der Waals surface area contributed by atoms with Crippen LogP contribution in [0, 0.1) is 5.92 Å². The Morgan fingerprint density at radius 3 is 2.60 bits per heavy atom. The first-order chi connectivity index (χ1) is 16.9. The number of sulfonamides is 1. The van der Waals surface area contributed by atoms with Gasteiger partial charge in [0.15, 0.2) is 5.78 Å². The van der Waals surface area contributed by atoms with E-state index in [4.69, 9.17) is 0 Å². The maximum atomic E-state index is 13.4. The molecule has 1 unspecified atom stereocenters. The van der Waals surface area contributed by atoms with Crippen molar-refractivity contribution >= 4 is 32.5 Å². The Labute approximate surface area is 206 Å². The first-order valence-electron chi connectivity index (χ1n) is 12.6. The molecule has 7 heteroatoms. The van der Waals surface area contributed by atoms with Gasteiger partial charge in [-0.25, -0.2) is 13.1 Å². The van der Waals surface area contributed by atoms with Crippen LogP contribution in [-0.2, 0) is 38.9 Å². The van der Waals surface area contributed by atoms with Crippen LogP contribution in [0.25, 0.3) is 10.9 Å². The van der Waals surface area contributed by atoms with E-state index >= 15 is 0 Å². The molecule has 35 heavy (non-hydrogen) atoms. The molecule has 0 amide bonds. The fourth-order valence-corrected chi connectivity index (χ4v) is 6.78. The largest absolute Gasteiger partial charge is 0.358 e. The second-order valence-electron chi connectivity index (χ2n) is 10.1. The van der Waals surface area contributed by atoms with Crippen LogP contribution in [0.2, 0.25) is 0 Å². The van der Waals surface area contributed by atoms with Gasteiger partial charge in [-0.05, 0) is 53.1 Å². The summed E-state index contributed by atoms with van der Waals surface area (Å²) in [5.74, 6) is 0.452. The lowest BCUT2D eigenvalue weighted by Gasteiger charge is -2.24. The molecule has 2 aliphatic carbocycles. The Balaban J connectivity index is 1.40. The summed E-state index contributed by atoms with van der Waals surface area (Å²) in [7, 11) is -3.91. The van der Waals surface area contributed by atoms with E-state index in [2.05, 4.69) is 9.71 Å². The van der Waals surface area contributed by atoms with E-state index in [1.807, 2.05) is 30.3 Å². The van der Waals surface area contributed by atoms with Crippen molar-refractivity contribution in [3.8, 4) is 0 Å². The molecule has 184 valence electrons. The number of Topliss-reactive ketones (excluding diaryl/α,β-unsaturated/α-hetero) is 2. The van der Waals surface area contributed by atoms with Gasteiger partial charge >= 0.3 is 0 Å². The number of aromatic amines is 1. The number of aryl methyl sites for hydroxylation is 1. The molecule has 1 fully saturated rings. The summed E-state index contributed by atoms with van der Waals surface area (Å²) in [4.78, 5) is 28.7. The molecule has 0 saturated heterocycles. The van der Waals surface area contributed by atoms with Gasteiger partial charge in [0.2, 0.25) is 10.0 Å². The van der Waals surface area contributed by atoms with E-state index in [1.54, 1.807) is 18.2 Å². The number of benzene rings is 2. The molecule has 0 bridgehead atoms. The van der Waals surface area contributed by atoms with Gasteiger partial charge in [0, 0.05) is 36.9 Å². The lowest BCUT2D eigenvalue weighted by Crippen LogP contribution is -2.43. The molecule has 2 N–H and O–H groups in total. The molecule has 0 radical (unpaired) electrons. The summed E-state index contributed by atoms with van der Waals surface area (Å²) < 4.78 is 29.6. The minimum atomic E-state index is -3.91. The maximum Gasteiger partial charge on any atom is 0.241 e. The average Bonchev–Trinajstić information content (AvgIpc) is 3.26. The summed E-state index contributed by atoms with van der Waals surface area (Å²) in [5, 5.41) is 1.04. The highest BCUT2D eigenvalue weighted by Crippen LogP contribution is 2.28. The number of ketones is 2. The van der Waals surface area contributed by atoms with Crippen LogP contribution in [0.1, 0.15) is 61.8 Å². The van der Waals surface area contributed by atoms with Crippen molar-refractivity contribution in [2.45, 2.75) is 75.1 Å². The molecular weight excluding hydrogens is 460 g/mol. The Hall–Kier alpha value is -2.77. The van der Waals surface area contributed by atoms with Crippen LogP contribution in [0.15, 0.2) is 53.4 Å². The predicted molar refractivity (Wildman–Crippen MR) is 136 cm³/mol. The highest BCUT2D eigenvalue weighted by atomic mass is 32.2. The van der Waals surface area contributed by atoms with E-state index in [9.17, 15) is 18.0 Å². The quantitative estimate of drug-likeness (QED) is 0.478. The van der Waals surface area contributed by atoms with Crippen molar-refractivity contribution in [1.82, 2.24) is 9.71 Å². The zero-order valence-electron chi connectivity index (χ0n) is 19.9. The number of rotatable bonds is 8. The summed E-state index contributed by atoms with van der Waals surface area (Å²) in [6, 6.07) is 14.0. The first-order valence-corrected chi connectivity index (χ1v) is 14.1. The molecule has 3 aromatic rings. The topological polar surface area (TPSA) is 96.1 Å². The van der Waals surface area contributed by atoms with E-state index in [-0.39, 0.29) is 22.9 Å². The SMILES string of the molecule is O=C1CCc2cc(S(=O)(=O)NC(Cc3cc4ccccc4[nH]3)C(=O)CC3CCCCC3)ccc2C1. The minimum absolute atomic E-state index is 0.0531. The van der Waals surface area contributed by atoms with Crippen LogP contribution < -0.4 is 4.72 Å². The Kier molecular flexibility index (Phi) is 6.89. The van der Waals surface area contributed by atoms with Gasteiger partial charge in [-0.15, -0.1) is 0 Å². The molecular formula is C28H32N2O4S. The van der Waals surface area contributed by atoms with E-state index in [1.165, 1.54) is 6.42 Å². The number of hydrogen-bond donors (Lipinski definition) is 2. The van der Waals surface area contributed by atoms with Crippen molar-refractivity contribution in [2.24, 2.45) is 5.92 Å². The van der Waals surface area contributed by atoms with Gasteiger partial charge < -0.3 is 4.98 Å². The van der Waals surface area contributed by atoms with Crippen LogP contribution >= 0.6 is 0 Å². The van der Waals surface area contributed by atoms with Crippen molar-refractivity contribution in [3.63, 3.8) is 0 Å². The van der Waals surface area contributed by atoms with Gasteiger partial charge in [0.1, 0.15) is 5.78 Å². The summed E-state index contributed by atoms with van der Waals surface area (Å²) in [6.07, 6.45) is 7.55. The number of para-hydroxylation sites is 1. The van der Waals surface area contributed by atoms with Gasteiger partial charge in [-0.1, -0.05) is 56.4 Å². The standard InChI is InChI=1S/C28H32N2O4S/c31-24-12-10-21-17-25(13-11-20(21)16-24)35(33,34)30-27(28(32)14-19-6-2-1-3-7-19)18-23-15-22-8-4-5-9-26(22)29-23/h4-5,8-9,11,13,15,17,19,27,29-30H,1-3,6-7,10,12,14,16,18H2. The van der Waals surface area contributed by atoms with Crippen molar-refractivity contribution in [2.75, 3.05) is 0 Å². The molecule has 0 aliphatic heterocycles. The van der Waals surface area contributed by atoms with Crippen molar-refractivity contribution in [3.05, 3.63) is 65.4 Å². The Bertz CT molecular complexity index is 1320. The van der Waals surface area contributed by atoms with Crippen LogP contribution in [0.4, 0.5) is 0 Å². The third kappa shape index (κ3) is 5.57. The second kappa shape index (κ2) is 10.1. The normalized spacial score (nSPS) is 17.9. The smallest absolute Gasteiger partial charge is 0.241 e. The monoisotopic (exact) mass is 492 g/mol. The molecule has 1 aromatic heterocycles. The van der Waals surface area contributed by atoms with Crippen LogP contribution in [0.3, 0.4) is 0 Å². The van der Waals surface area contributed by atoms with Crippen molar-refractivity contribution in [1.29, 1.82) is 0 Å². The summed E-state index contributed by atoms with van der Waals surface area (Å²) in [5.41, 5.74) is 3.59. The zero-order valence-corrected chi connectivity index (χ0v) is 20.7. The van der Waals surface area contributed by atoms with E-state index in [0.29, 0.717) is 31.6 Å². The molecule has 1 saturated carbocycles. The number of aromatic nitrogens is 1. The van der Waals surface area contributed by atoms with Gasteiger partial charge in [-0.3, -0.25) is 9.59 Å². The summed E-state index contributed by atoms with van der Waals surface area (Å²) in [6.45, 7) is 0. The molecule has 5 rings (SSSR count). The number of H-pyrrole nitrogens is 1. The fourth-order valence-electron chi connectivity index (χ4n) is 5.51. The third-order valence-electron chi connectivity index (χ3n) is 7.46. The Morgan fingerprint density at radius 2 is 1.80 bits per heavy atom. The number of fused-ring (bicyclic) bond motifs is 2. The Morgan fingerprint density at radius 1 is 1.00 bits per heavy atom.